The largest absolute Gasteiger partial charge is 0.488 e. The molecule has 0 radical (unpaired) electrons. The molecule has 7 heteroatoms. The zero-order valence-electron chi connectivity index (χ0n) is 11.2. The molecule has 0 aliphatic carbocycles. The topological polar surface area (TPSA) is 78.9 Å². The van der Waals surface area contributed by atoms with E-state index in [1.54, 1.807) is 4.90 Å². The Morgan fingerprint density at radius 1 is 1.52 bits per heavy atom. The van der Waals surface area contributed by atoms with Gasteiger partial charge in [-0.2, -0.15) is 0 Å². The number of carboxylic acid groups (broad SMARTS) is 1. The summed E-state index contributed by atoms with van der Waals surface area (Å²) < 4.78 is 6.83. The first-order chi connectivity index (χ1) is 10.0. The van der Waals surface area contributed by atoms with Crippen LogP contribution < -0.4 is 10.1 Å². The molecule has 2 heterocycles. The molecule has 1 aromatic carbocycles. The Bertz CT molecular complexity index is 592. The van der Waals surface area contributed by atoms with E-state index in [9.17, 15) is 14.7 Å². The summed E-state index contributed by atoms with van der Waals surface area (Å²) in [6.45, 7) is 0.660. The Morgan fingerprint density at radius 3 is 3.10 bits per heavy atom. The lowest BCUT2D eigenvalue weighted by Gasteiger charge is -2.33. The van der Waals surface area contributed by atoms with Crippen molar-refractivity contribution in [3.05, 3.63) is 28.2 Å². The van der Waals surface area contributed by atoms with E-state index in [-0.39, 0.29) is 25.1 Å². The number of carboxylic acids is 1. The van der Waals surface area contributed by atoms with Gasteiger partial charge in [-0.05, 0) is 23.8 Å². The summed E-state index contributed by atoms with van der Waals surface area (Å²) in [6, 6.07) is 5.13. The molecule has 2 aliphatic heterocycles. The number of piperazine rings is 1. The van der Waals surface area contributed by atoms with Gasteiger partial charge in [0.05, 0.1) is 6.54 Å². The fraction of sp³-hybridized carbons (Fsp3) is 0.429. The fourth-order valence-corrected chi connectivity index (χ4v) is 3.19. The molecule has 112 valence electrons. The molecular weight excluding hydrogens is 340 g/mol. The van der Waals surface area contributed by atoms with Gasteiger partial charge in [-0.1, -0.05) is 15.9 Å². The molecule has 0 bridgehead atoms. The van der Waals surface area contributed by atoms with Crippen LogP contribution in [0.3, 0.4) is 0 Å². The zero-order valence-corrected chi connectivity index (χ0v) is 12.8. The molecule has 0 aromatic heterocycles. The molecule has 1 amide bonds. The molecule has 6 nitrogen and oxygen atoms in total. The standard InChI is InChI=1S/C14H15BrN2O4/c15-9-1-2-12-8(3-9)4-10(21-12)6-17-7-13(18)16-5-11(17)14(19)20/h1-3,10-11H,4-7H2,(H,16,18)(H,19,20). The molecule has 2 aliphatic rings. The van der Waals surface area contributed by atoms with Gasteiger partial charge in [-0.3, -0.25) is 14.5 Å². The van der Waals surface area contributed by atoms with Gasteiger partial charge in [0.1, 0.15) is 17.9 Å². The van der Waals surface area contributed by atoms with Crippen LogP contribution in [0.4, 0.5) is 0 Å². The molecule has 1 saturated heterocycles. The SMILES string of the molecule is O=C1CN(CC2Cc3cc(Br)ccc3O2)C(C(=O)O)CN1. The van der Waals surface area contributed by atoms with Crippen LogP contribution in [-0.2, 0) is 16.0 Å². The van der Waals surface area contributed by atoms with E-state index in [1.165, 1.54) is 0 Å². The molecule has 0 saturated carbocycles. The molecule has 2 unspecified atom stereocenters. The second-order valence-corrected chi connectivity index (χ2v) is 6.20. The molecular formula is C14H15BrN2O4. The monoisotopic (exact) mass is 354 g/mol. The second kappa shape index (κ2) is 5.65. The third-order valence-corrected chi connectivity index (χ3v) is 4.26. The van der Waals surface area contributed by atoms with Crippen molar-refractivity contribution in [1.82, 2.24) is 10.2 Å². The third-order valence-electron chi connectivity index (χ3n) is 3.77. The van der Waals surface area contributed by atoms with E-state index in [0.29, 0.717) is 6.54 Å². The predicted molar refractivity (Wildman–Crippen MR) is 78.3 cm³/mol. The van der Waals surface area contributed by atoms with Crippen LogP contribution >= 0.6 is 15.9 Å². The van der Waals surface area contributed by atoms with Gasteiger partial charge in [0.15, 0.2) is 0 Å². The van der Waals surface area contributed by atoms with Crippen LogP contribution in [0.25, 0.3) is 0 Å². The quantitative estimate of drug-likeness (QED) is 0.832. The minimum Gasteiger partial charge on any atom is -0.488 e. The Hall–Kier alpha value is -1.60. The zero-order chi connectivity index (χ0) is 15.0. The lowest BCUT2D eigenvalue weighted by atomic mass is 10.1. The number of carbonyl (C=O) groups excluding carboxylic acids is 1. The van der Waals surface area contributed by atoms with Crippen molar-refractivity contribution in [3.63, 3.8) is 0 Å². The van der Waals surface area contributed by atoms with Crippen molar-refractivity contribution in [2.45, 2.75) is 18.6 Å². The molecule has 2 N–H and O–H groups in total. The first-order valence-electron chi connectivity index (χ1n) is 6.71. The highest BCUT2D eigenvalue weighted by molar-refractivity contribution is 9.10. The van der Waals surface area contributed by atoms with Gasteiger partial charge in [-0.25, -0.2) is 0 Å². The van der Waals surface area contributed by atoms with Gasteiger partial charge in [0.2, 0.25) is 5.91 Å². The van der Waals surface area contributed by atoms with Crippen LogP contribution in [0.5, 0.6) is 5.75 Å². The first-order valence-corrected chi connectivity index (χ1v) is 7.51. The molecule has 1 fully saturated rings. The minimum atomic E-state index is -0.923. The Morgan fingerprint density at radius 2 is 2.33 bits per heavy atom. The normalized spacial score (nSPS) is 25.1. The first kappa shape index (κ1) is 14.3. The summed E-state index contributed by atoms with van der Waals surface area (Å²) in [5, 5.41) is 11.8. The number of nitrogens with zero attached hydrogens (tertiary/aromatic N) is 1. The number of nitrogens with one attached hydrogen (secondary N) is 1. The van der Waals surface area contributed by atoms with Crippen molar-refractivity contribution < 1.29 is 19.4 Å². The summed E-state index contributed by atoms with van der Waals surface area (Å²) in [6.07, 6.45) is 0.598. The Labute approximate surface area is 130 Å². The van der Waals surface area contributed by atoms with Crippen LogP contribution in [-0.4, -0.2) is 53.7 Å². The minimum absolute atomic E-state index is 0.0941. The Kier molecular flexibility index (Phi) is 3.86. The van der Waals surface area contributed by atoms with E-state index >= 15 is 0 Å². The Balaban J connectivity index is 1.69. The lowest BCUT2D eigenvalue weighted by molar-refractivity contribution is -0.146. The molecule has 2 atom stereocenters. The average Bonchev–Trinajstić information content (AvgIpc) is 2.79. The number of benzene rings is 1. The fourth-order valence-electron chi connectivity index (χ4n) is 2.78. The number of rotatable bonds is 3. The van der Waals surface area contributed by atoms with E-state index in [0.717, 1.165) is 22.2 Å². The predicted octanol–water partition coefficient (Wildman–Crippen LogP) is 0.638. The van der Waals surface area contributed by atoms with Crippen molar-refractivity contribution in [2.75, 3.05) is 19.6 Å². The van der Waals surface area contributed by atoms with Gasteiger partial charge < -0.3 is 15.2 Å². The summed E-state index contributed by atoms with van der Waals surface area (Å²) in [4.78, 5) is 24.4. The van der Waals surface area contributed by atoms with E-state index < -0.39 is 12.0 Å². The maximum atomic E-state index is 11.5. The van der Waals surface area contributed by atoms with Crippen LogP contribution in [0, 0.1) is 0 Å². The number of amides is 1. The number of carbonyl (C=O) groups is 2. The van der Waals surface area contributed by atoms with Gasteiger partial charge in [-0.15, -0.1) is 0 Å². The van der Waals surface area contributed by atoms with E-state index in [2.05, 4.69) is 21.2 Å². The summed E-state index contributed by atoms with van der Waals surface area (Å²) in [5.41, 5.74) is 1.10. The highest BCUT2D eigenvalue weighted by Gasteiger charge is 2.35. The average molecular weight is 355 g/mol. The van der Waals surface area contributed by atoms with Crippen LogP contribution in [0.1, 0.15) is 5.56 Å². The van der Waals surface area contributed by atoms with Crippen molar-refractivity contribution >= 4 is 27.8 Å². The highest BCUT2D eigenvalue weighted by Crippen LogP contribution is 2.31. The number of halogens is 1. The molecule has 21 heavy (non-hydrogen) atoms. The van der Waals surface area contributed by atoms with Crippen LogP contribution in [0.2, 0.25) is 0 Å². The maximum absolute atomic E-state index is 11.5. The summed E-state index contributed by atoms with van der Waals surface area (Å²) in [5.74, 6) is -0.240. The highest BCUT2D eigenvalue weighted by atomic mass is 79.9. The summed E-state index contributed by atoms with van der Waals surface area (Å²) >= 11 is 3.42. The van der Waals surface area contributed by atoms with Gasteiger partial charge >= 0.3 is 5.97 Å². The number of hydrogen-bond donors (Lipinski definition) is 2. The van der Waals surface area contributed by atoms with Crippen molar-refractivity contribution in [1.29, 1.82) is 0 Å². The molecule has 0 spiro atoms. The lowest BCUT2D eigenvalue weighted by Crippen LogP contribution is -2.59. The number of fused-ring (bicyclic) bond motifs is 1. The third kappa shape index (κ3) is 3.03. The van der Waals surface area contributed by atoms with Crippen LogP contribution in [0.15, 0.2) is 22.7 Å². The van der Waals surface area contributed by atoms with E-state index in [1.807, 2.05) is 18.2 Å². The van der Waals surface area contributed by atoms with Gasteiger partial charge in [0, 0.05) is 24.0 Å². The number of ether oxygens (including phenoxy) is 1. The van der Waals surface area contributed by atoms with E-state index in [4.69, 9.17) is 4.74 Å². The van der Waals surface area contributed by atoms with Crippen molar-refractivity contribution in [2.24, 2.45) is 0 Å². The van der Waals surface area contributed by atoms with Crippen molar-refractivity contribution in [3.8, 4) is 5.75 Å². The molecule has 1 aromatic rings. The number of aliphatic carboxylic acids is 1. The van der Waals surface area contributed by atoms with Gasteiger partial charge in [0.25, 0.3) is 0 Å². The number of hydrogen-bond acceptors (Lipinski definition) is 4. The maximum Gasteiger partial charge on any atom is 0.322 e. The smallest absolute Gasteiger partial charge is 0.322 e. The second-order valence-electron chi connectivity index (χ2n) is 5.28. The summed E-state index contributed by atoms with van der Waals surface area (Å²) in [7, 11) is 0. The molecule has 3 rings (SSSR count).